The van der Waals surface area contributed by atoms with Gasteiger partial charge in [-0.25, -0.2) is 9.78 Å². The van der Waals surface area contributed by atoms with Crippen LogP contribution >= 0.6 is 11.3 Å². The second-order valence-electron chi connectivity index (χ2n) is 2.74. The Morgan fingerprint density at radius 2 is 2.27 bits per heavy atom. The molecule has 82 valence electrons. The zero-order valence-corrected chi connectivity index (χ0v) is 8.93. The van der Waals surface area contributed by atoms with E-state index in [1.807, 2.05) is 0 Å². The van der Waals surface area contributed by atoms with Crippen molar-refractivity contribution in [1.82, 2.24) is 10.3 Å². The minimum atomic E-state index is -1.06. The summed E-state index contributed by atoms with van der Waals surface area (Å²) in [6.07, 6.45) is 0. The summed E-state index contributed by atoms with van der Waals surface area (Å²) >= 11 is 1.22. The number of nitrogens with one attached hydrogen (secondary N) is 2. The number of hydrogen-bond acceptors (Lipinski definition) is 5. The molecule has 1 heterocycles. The van der Waals surface area contributed by atoms with Crippen molar-refractivity contribution in [3.05, 3.63) is 11.2 Å². The van der Waals surface area contributed by atoms with Crippen molar-refractivity contribution >= 4 is 28.2 Å². The lowest BCUT2D eigenvalue weighted by molar-refractivity contribution is -0.118. The highest BCUT2D eigenvalue weighted by Gasteiger charge is 2.12. The number of aromatic carboxylic acids is 1. The van der Waals surface area contributed by atoms with Gasteiger partial charge in [0.15, 0.2) is 5.69 Å². The minimum Gasteiger partial charge on any atom is -0.476 e. The van der Waals surface area contributed by atoms with Crippen LogP contribution in [0.25, 0.3) is 0 Å². The molecule has 3 N–H and O–H groups in total. The Morgan fingerprint density at radius 3 is 2.87 bits per heavy atom. The first-order chi connectivity index (χ1) is 7.11. The van der Waals surface area contributed by atoms with Gasteiger partial charge < -0.3 is 15.7 Å². The first-order valence-corrected chi connectivity index (χ1v) is 5.14. The highest BCUT2D eigenvalue weighted by atomic mass is 32.1. The van der Waals surface area contributed by atoms with E-state index in [2.05, 4.69) is 15.6 Å². The van der Waals surface area contributed by atoms with E-state index in [9.17, 15) is 9.59 Å². The van der Waals surface area contributed by atoms with E-state index in [1.54, 1.807) is 0 Å². The molecule has 0 atom stereocenters. The fourth-order valence-corrected chi connectivity index (χ4v) is 1.64. The van der Waals surface area contributed by atoms with Crippen molar-refractivity contribution in [3.8, 4) is 0 Å². The van der Waals surface area contributed by atoms with Crippen LogP contribution in [0.2, 0.25) is 0 Å². The summed E-state index contributed by atoms with van der Waals surface area (Å²) in [5, 5.41) is 14.7. The third-order valence-electron chi connectivity index (χ3n) is 1.55. The predicted octanol–water partition coefficient (Wildman–Crippen LogP) is 0.389. The van der Waals surface area contributed by atoms with Gasteiger partial charge in [0.05, 0.1) is 5.51 Å². The molecule has 0 radical (unpaired) electrons. The SMILES string of the molecule is CC(=O)NCCNc1scnc1C(=O)O. The Kier molecular flexibility index (Phi) is 4.04. The molecule has 0 saturated carbocycles. The van der Waals surface area contributed by atoms with E-state index in [-0.39, 0.29) is 11.6 Å². The topological polar surface area (TPSA) is 91.3 Å². The van der Waals surface area contributed by atoms with Gasteiger partial charge >= 0.3 is 5.97 Å². The number of amides is 1. The van der Waals surface area contributed by atoms with Gasteiger partial charge in [-0.15, -0.1) is 11.3 Å². The van der Waals surface area contributed by atoms with Crippen LogP contribution in [0, 0.1) is 0 Å². The number of rotatable bonds is 5. The second-order valence-corrected chi connectivity index (χ2v) is 3.60. The molecular formula is C8H11N3O3S. The summed E-state index contributed by atoms with van der Waals surface area (Å²) < 4.78 is 0. The average Bonchev–Trinajstić information content (AvgIpc) is 2.60. The number of thiazole rings is 1. The van der Waals surface area contributed by atoms with E-state index in [4.69, 9.17) is 5.11 Å². The first kappa shape index (κ1) is 11.4. The Balaban J connectivity index is 2.40. The van der Waals surface area contributed by atoms with Gasteiger partial charge in [-0.1, -0.05) is 0 Å². The maximum atomic E-state index is 10.7. The van der Waals surface area contributed by atoms with Gasteiger partial charge in [-0.3, -0.25) is 4.79 Å². The summed E-state index contributed by atoms with van der Waals surface area (Å²) in [6.45, 7) is 2.35. The van der Waals surface area contributed by atoms with Crippen molar-refractivity contribution in [2.24, 2.45) is 0 Å². The van der Waals surface area contributed by atoms with E-state index in [0.29, 0.717) is 18.1 Å². The van der Waals surface area contributed by atoms with Crippen molar-refractivity contribution in [2.75, 3.05) is 18.4 Å². The van der Waals surface area contributed by atoms with Gasteiger partial charge in [0.2, 0.25) is 5.91 Å². The van der Waals surface area contributed by atoms with Crippen molar-refractivity contribution in [3.63, 3.8) is 0 Å². The summed E-state index contributed by atoms with van der Waals surface area (Å²) in [5.41, 5.74) is 1.48. The van der Waals surface area contributed by atoms with E-state index >= 15 is 0 Å². The van der Waals surface area contributed by atoms with Gasteiger partial charge in [0, 0.05) is 20.0 Å². The maximum Gasteiger partial charge on any atom is 0.357 e. The first-order valence-electron chi connectivity index (χ1n) is 4.26. The number of hydrogen-bond donors (Lipinski definition) is 3. The largest absolute Gasteiger partial charge is 0.476 e. The zero-order valence-electron chi connectivity index (χ0n) is 8.11. The van der Waals surface area contributed by atoms with Crippen molar-refractivity contribution in [1.29, 1.82) is 0 Å². The summed E-state index contributed by atoms with van der Waals surface area (Å²) in [7, 11) is 0. The third-order valence-corrected chi connectivity index (χ3v) is 2.34. The molecule has 6 nitrogen and oxygen atoms in total. The number of carbonyl (C=O) groups excluding carboxylic acids is 1. The molecule has 0 spiro atoms. The van der Waals surface area contributed by atoms with Crippen LogP contribution in [0.5, 0.6) is 0 Å². The lowest BCUT2D eigenvalue weighted by Gasteiger charge is -2.04. The Labute approximate surface area is 90.3 Å². The highest BCUT2D eigenvalue weighted by molar-refractivity contribution is 7.14. The lowest BCUT2D eigenvalue weighted by Crippen LogP contribution is -2.26. The number of aromatic nitrogens is 1. The molecule has 0 aliphatic rings. The fourth-order valence-electron chi connectivity index (χ4n) is 0.938. The summed E-state index contributed by atoms with van der Waals surface area (Å²) in [5.74, 6) is -1.17. The van der Waals surface area contributed by atoms with Gasteiger partial charge in [-0.05, 0) is 0 Å². The molecule has 0 fully saturated rings. The van der Waals surface area contributed by atoms with Crippen LogP contribution in [0.4, 0.5) is 5.00 Å². The molecule has 0 aliphatic carbocycles. The average molecular weight is 229 g/mol. The summed E-state index contributed by atoms with van der Waals surface area (Å²) in [4.78, 5) is 24.9. The standard InChI is InChI=1S/C8H11N3O3S/c1-5(12)9-2-3-10-7-6(8(13)14)11-4-15-7/h4,10H,2-3H2,1H3,(H,9,12)(H,13,14). The number of anilines is 1. The number of carboxylic acid groups (broad SMARTS) is 1. The minimum absolute atomic E-state index is 0.0165. The number of nitrogens with zero attached hydrogens (tertiary/aromatic N) is 1. The number of carbonyl (C=O) groups is 2. The summed E-state index contributed by atoms with van der Waals surface area (Å²) in [6, 6.07) is 0. The second kappa shape index (κ2) is 5.30. The number of carboxylic acids is 1. The Bertz CT molecular complexity index is 364. The molecule has 0 unspecified atom stereocenters. The van der Waals surface area contributed by atoms with E-state index in [0.717, 1.165) is 0 Å². The monoisotopic (exact) mass is 229 g/mol. The normalized spacial score (nSPS) is 9.67. The van der Waals surface area contributed by atoms with Gasteiger partial charge in [-0.2, -0.15) is 0 Å². The molecule has 1 amide bonds. The van der Waals surface area contributed by atoms with E-state index in [1.165, 1.54) is 23.8 Å². The molecule has 0 saturated heterocycles. The molecule has 1 rings (SSSR count). The molecular weight excluding hydrogens is 218 g/mol. The van der Waals surface area contributed by atoms with Crippen molar-refractivity contribution < 1.29 is 14.7 Å². The molecule has 0 bridgehead atoms. The van der Waals surface area contributed by atoms with Crippen molar-refractivity contribution in [2.45, 2.75) is 6.92 Å². The quantitative estimate of drug-likeness (QED) is 0.635. The third kappa shape index (κ3) is 3.55. The zero-order chi connectivity index (χ0) is 11.3. The van der Waals surface area contributed by atoms with Gasteiger partial charge in [0.25, 0.3) is 0 Å². The van der Waals surface area contributed by atoms with Crippen LogP contribution in [0.1, 0.15) is 17.4 Å². The van der Waals surface area contributed by atoms with Crippen LogP contribution in [-0.4, -0.2) is 35.1 Å². The smallest absolute Gasteiger partial charge is 0.357 e. The maximum absolute atomic E-state index is 10.7. The molecule has 7 heteroatoms. The molecule has 1 aromatic heterocycles. The van der Waals surface area contributed by atoms with Crippen LogP contribution in [-0.2, 0) is 4.79 Å². The van der Waals surface area contributed by atoms with Crippen LogP contribution < -0.4 is 10.6 Å². The molecule has 1 aromatic rings. The lowest BCUT2D eigenvalue weighted by atomic mass is 10.4. The van der Waals surface area contributed by atoms with Crippen LogP contribution in [0.3, 0.4) is 0 Å². The Morgan fingerprint density at radius 1 is 1.53 bits per heavy atom. The fraction of sp³-hybridized carbons (Fsp3) is 0.375. The van der Waals surface area contributed by atoms with Crippen LogP contribution in [0.15, 0.2) is 5.51 Å². The predicted molar refractivity (Wildman–Crippen MR) is 56.2 cm³/mol. The molecule has 0 aromatic carbocycles. The van der Waals surface area contributed by atoms with E-state index < -0.39 is 5.97 Å². The molecule has 0 aliphatic heterocycles. The molecule has 15 heavy (non-hydrogen) atoms. The van der Waals surface area contributed by atoms with Gasteiger partial charge in [0.1, 0.15) is 5.00 Å². The Hall–Kier alpha value is -1.63. The highest BCUT2D eigenvalue weighted by Crippen LogP contribution is 2.19.